The molecular weight excluding hydrogens is 524 g/mol. The fraction of sp³-hybridized carbons (Fsp3) is 0.278. The van der Waals surface area contributed by atoms with E-state index in [1.807, 2.05) is 60.7 Å². The highest BCUT2D eigenvalue weighted by Crippen LogP contribution is 2.37. The molecule has 0 saturated carbocycles. The van der Waals surface area contributed by atoms with Gasteiger partial charge in [0.2, 0.25) is 12.6 Å². The minimum Gasteiger partial charge on any atom is -0.451 e. The maximum Gasteiger partial charge on any atom is 0.241 e. The minimum absolute atomic E-state index is 0.209. The van der Waals surface area contributed by atoms with Crippen LogP contribution in [0.2, 0.25) is 0 Å². The molecule has 4 aromatic rings. The number of aromatic nitrogens is 2. The molecular formula is C36H32N2O4. The van der Waals surface area contributed by atoms with Gasteiger partial charge in [-0.15, -0.1) is 0 Å². The highest BCUT2D eigenvalue weighted by atomic mass is 16.7. The third kappa shape index (κ3) is 6.51. The van der Waals surface area contributed by atoms with Crippen LogP contribution in [0.5, 0.6) is 23.0 Å². The lowest BCUT2D eigenvalue weighted by atomic mass is 10.1. The van der Waals surface area contributed by atoms with E-state index in [0.29, 0.717) is 0 Å². The predicted octanol–water partition coefficient (Wildman–Crippen LogP) is 7.52. The largest absolute Gasteiger partial charge is 0.451 e. The molecule has 0 spiro atoms. The normalized spacial score (nSPS) is 15.9. The van der Waals surface area contributed by atoms with Crippen molar-refractivity contribution in [3.63, 3.8) is 0 Å². The number of benzene rings is 2. The van der Waals surface area contributed by atoms with Crippen molar-refractivity contribution in [2.75, 3.05) is 0 Å². The summed E-state index contributed by atoms with van der Waals surface area (Å²) in [5.74, 6) is 16.0. The molecule has 2 aliphatic rings. The smallest absolute Gasteiger partial charge is 0.241 e. The van der Waals surface area contributed by atoms with Gasteiger partial charge in [-0.3, -0.25) is 9.97 Å². The number of hydrogen-bond acceptors (Lipinski definition) is 6. The Morgan fingerprint density at radius 2 is 0.929 bits per heavy atom. The number of rotatable bonds is 7. The highest BCUT2D eigenvalue weighted by molar-refractivity contribution is 5.61. The molecule has 0 aliphatic carbocycles. The van der Waals surface area contributed by atoms with Crippen molar-refractivity contribution < 1.29 is 18.9 Å². The summed E-state index contributed by atoms with van der Waals surface area (Å²) in [5.41, 5.74) is 4.88. The van der Waals surface area contributed by atoms with Gasteiger partial charge in [0.1, 0.15) is 0 Å². The SMILES string of the molecule is CCCCC1Oc2ccc(C#Cc3ccnc(-c4cc(C#Cc5ccc6c(c5)OC(CCCC)O6)ccn4)c3)cc2O1. The van der Waals surface area contributed by atoms with Crippen molar-refractivity contribution in [2.45, 2.75) is 65.0 Å². The van der Waals surface area contributed by atoms with E-state index in [0.717, 1.165) is 95.2 Å². The quantitative estimate of drug-likeness (QED) is 0.220. The van der Waals surface area contributed by atoms with Crippen LogP contribution in [0.25, 0.3) is 11.4 Å². The monoisotopic (exact) mass is 556 g/mol. The van der Waals surface area contributed by atoms with Crippen molar-refractivity contribution in [3.05, 3.63) is 95.3 Å². The second-order valence-corrected chi connectivity index (χ2v) is 10.3. The first-order valence-corrected chi connectivity index (χ1v) is 14.6. The molecule has 2 unspecified atom stereocenters. The first kappa shape index (κ1) is 27.2. The first-order valence-electron chi connectivity index (χ1n) is 14.6. The first-order chi connectivity index (χ1) is 20.7. The van der Waals surface area contributed by atoms with E-state index in [4.69, 9.17) is 18.9 Å². The Hall–Kier alpha value is -4.94. The zero-order valence-electron chi connectivity index (χ0n) is 23.9. The lowest BCUT2D eigenvalue weighted by Crippen LogP contribution is -2.17. The summed E-state index contributed by atoms with van der Waals surface area (Å²) in [7, 11) is 0. The molecule has 210 valence electrons. The summed E-state index contributed by atoms with van der Waals surface area (Å²) in [6.45, 7) is 4.32. The van der Waals surface area contributed by atoms with Crippen LogP contribution in [-0.4, -0.2) is 22.5 Å². The van der Waals surface area contributed by atoms with Crippen molar-refractivity contribution in [2.24, 2.45) is 0 Å². The molecule has 0 radical (unpaired) electrons. The molecule has 0 bridgehead atoms. The number of nitrogens with zero attached hydrogens (tertiary/aromatic N) is 2. The van der Waals surface area contributed by atoms with E-state index in [2.05, 4.69) is 47.5 Å². The summed E-state index contributed by atoms with van der Waals surface area (Å²) in [6.07, 6.45) is 9.19. The standard InChI is InChI=1S/C36H32N2O4/c1-3-5-7-35-39-31-15-13-25(23-33(31)41-35)9-11-27-17-19-37-29(21-27)30-22-28(18-20-38-30)12-10-26-14-16-32-34(24-26)42-36(40-32)8-6-4-2/h13-24,35-36H,3-8H2,1-2H3. The van der Waals surface area contributed by atoms with E-state index < -0.39 is 0 Å². The van der Waals surface area contributed by atoms with E-state index in [1.54, 1.807) is 12.4 Å². The zero-order valence-corrected chi connectivity index (χ0v) is 23.9. The van der Waals surface area contributed by atoms with Crippen LogP contribution >= 0.6 is 0 Å². The van der Waals surface area contributed by atoms with Crippen LogP contribution in [-0.2, 0) is 0 Å². The maximum absolute atomic E-state index is 5.94. The maximum atomic E-state index is 5.94. The lowest BCUT2D eigenvalue weighted by molar-refractivity contribution is 0.0397. The number of unbranched alkanes of at least 4 members (excludes halogenated alkanes) is 2. The summed E-state index contributed by atoms with van der Waals surface area (Å²) < 4.78 is 23.6. The van der Waals surface area contributed by atoms with Gasteiger partial charge >= 0.3 is 0 Å². The molecule has 0 saturated heterocycles. The number of ether oxygens (including phenoxy) is 4. The Kier molecular flexibility index (Phi) is 8.24. The Labute approximate surface area is 247 Å². The van der Waals surface area contributed by atoms with Gasteiger partial charge in [-0.1, -0.05) is 50.4 Å². The Morgan fingerprint density at radius 3 is 1.36 bits per heavy atom. The van der Waals surface area contributed by atoms with Crippen molar-refractivity contribution >= 4 is 0 Å². The molecule has 0 fully saturated rings. The molecule has 2 atom stereocenters. The Morgan fingerprint density at radius 1 is 0.524 bits per heavy atom. The van der Waals surface area contributed by atoms with Gasteiger partial charge in [-0.25, -0.2) is 0 Å². The van der Waals surface area contributed by atoms with E-state index in [-0.39, 0.29) is 12.6 Å². The Balaban J connectivity index is 1.14. The van der Waals surface area contributed by atoms with Crippen LogP contribution in [0.4, 0.5) is 0 Å². The molecule has 4 heterocycles. The van der Waals surface area contributed by atoms with Gasteiger partial charge in [-0.2, -0.15) is 0 Å². The average Bonchev–Trinajstić information content (AvgIpc) is 3.63. The molecule has 0 amide bonds. The summed E-state index contributed by atoms with van der Waals surface area (Å²) in [6, 6.07) is 19.3. The van der Waals surface area contributed by atoms with E-state index in [9.17, 15) is 0 Å². The topological polar surface area (TPSA) is 62.7 Å². The van der Waals surface area contributed by atoms with Crippen LogP contribution in [0.15, 0.2) is 73.1 Å². The van der Waals surface area contributed by atoms with E-state index in [1.165, 1.54) is 0 Å². The second-order valence-electron chi connectivity index (χ2n) is 10.3. The molecule has 2 aromatic carbocycles. The van der Waals surface area contributed by atoms with Gasteiger partial charge in [0.15, 0.2) is 23.0 Å². The summed E-state index contributed by atoms with van der Waals surface area (Å²) in [4.78, 5) is 9.05. The van der Waals surface area contributed by atoms with Gasteiger partial charge in [0.25, 0.3) is 0 Å². The average molecular weight is 557 g/mol. The van der Waals surface area contributed by atoms with Gasteiger partial charge in [0.05, 0.1) is 11.4 Å². The fourth-order valence-corrected chi connectivity index (χ4v) is 4.73. The minimum atomic E-state index is -0.209. The molecule has 6 rings (SSSR count). The third-order valence-electron chi connectivity index (χ3n) is 6.99. The third-order valence-corrected chi connectivity index (χ3v) is 6.99. The van der Waals surface area contributed by atoms with E-state index >= 15 is 0 Å². The summed E-state index contributed by atoms with van der Waals surface area (Å²) >= 11 is 0. The number of hydrogen-bond donors (Lipinski definition) is 0. The molecule has 6 heteroatoms. The van der Waals surface area contributed by atoms with Crippen LogP contribution in [0.3, 0.4) is 0 Å². The fourth-order valence-electron chi connectivity index (χ4n) is 4.73. The molecule has 42 heavy (non-hydrogen) atoms. The van der Waals surface area contributed by atoms with Gasteiger partial charge in [-0.05, 0) is 73.5 Å². The highest BCUT2D eigenvalue weighted by Gasteiger charge is 2.24. The molecule has 6 nitrogen and oxygen atoms in total. The second kappa shape index (κ2) is 12.7. The van der Waals surface area contributed by atoms with Crippen LogP contribution < -0.4 is 18.9 Å². The number of pyridine rings is 2. The molecule has 2 aromatic heterocycles. The van der Waals surface area contributed by atoms with Gasteiger partial charge < -0.3 is 18.9 Å². The summed E-state index contributed by atoms with van der Waals surface area (Å²) in [5, 5.41) is 0. The molecule has 0 N–H and O–H groups in total. The lowest BCUT2D eigenvalue weighted by Gasteiger charge is -2.08. The Bertz CT molecular complexity index is 1580. The van der Waals surface area contributed by atoms with Crippen molar-refractivity contribution in [3.8, 4) is 58.1 Å². The van der Waals surface area contributed by atoms with Crippen LogP contribution in [0, 0.1) is 23.7 Å². The van der Waals surface area contributed by atoms with Crippen LogP contribution in [0.1, 0.15) is 74.6 Å². The number of fused-ring (bicyclic) bond motifs is 2. The van der Waals surface area contributed by atoms with Gasteiger partial charge in [0, 0.05) is 47.5 Å². The predicted molar refractivity (Wildman–Crippen MR) is 161 cm³/mol. The van der Waals surface area contributed by atoms with Crippen molar-refractivity contribution in [1.29, 1.82) is 0 Å². The zero-order chi connectivity index (χ0) is 28.7. The molecule has 2 aliphatic heterocycles. The van der Waals surface area contributed by atoms with Crippen molar-refractivity contribution in [1.82, 2.24) is 9.97 Å².